The van der Waals surface area contributed by atoms with Gasteiger partial charge >= 0.3 is 25.1 Å². The fraction of sp³-hybridized carbons (Fsp3) is 0.0800. The molecule has 0 unspecified atom stereocenters. The zero-order valence-corrected chi connectivity index (χ0v) is 23.0. The normalized spacial score (nSPS) is 11.7. The Labute approximate surface area is 233 Å². The molecule has 4 rings (SSSR count). The molecule has 0 saturated carbocycles. The minimum absolute atomic E-state index is 0.142. The molecular weight excluding hydrogens is 619 g/mol. The molecule has 14 heteroatoms. The van der Waals surface area contributed by atoms with Crippen LogP contribution in [0.1, 0.15) is 11.1 Å². The first kappa shape index (κ1) is 28.5. The van der Waals surface area contributed by atoms with Crippen LogP contribution in [0.2, 0.25) is 0 Å². The highest BCUT2D eigenvalue weighted by atomic mass is 79.9. The molecule has 1 amide bonds. The number of alkyl halides is 2. The lowest BCUT2D eigenvalue weighted by Crippen LogP contribution is -2.21. The van der Waals surface area contributed by atoms with E-state index in [1.54, 1.807) is 24.3 Å². The molecule has 1 heterocycles. The van der Waals surface area contributed by atoms with Gasteiger partial charge in [-0.1, -0.05) is 58.4 Å². The molecule has 0 bridgehead atoms. The van der Waals surface area contributed by atoms with E-state index in [9.17, 15) is 22.9 Å². The number of para-hydroxylation sites is 1. The van der Waals surface area contributed by atoms with Crippen LogP contribution >= 0.6 is 34.9 Å². The summed E-state index contributed by atoms with van der Waals surface area (Å²) in [5, 5.41) is 13.4. The number of hydrogen-bond donors (Lipinski definition) is 4. The van der Waals surface area contributed by atoms with Crippen LogP contribution in [0.25, 0.3) is 11.3 Å². The lowest BCUT2D eigenvalue weighted by atomic mass is 10.1. The van der Waals surface area contributed by atoms with Crippen molar-refractivity contribution in [2.45, 2.75) is 12.2 Å². The zero-order chi connectivity index (χ0) is 28.4. The molecule has 9 nitrogen and oxygen atoms in total. The third-order valence-electron chi connectivity index (χ3n) is 5.49. The summed E-state index contributed by atoms with van der Waals surface area (Å²) in [5.74, 6) is -2.75. The lowest BCUT2D eigenvalue weighted by molar-refractivity contribution is -0.147. The van der Waals surface area contributed by atoms with Crippen LogP contribution in [-0.2, 0) is 26.4 Å². The summed E-state index contributed by atoms with van der Waals surface area (Å²) in [6.45, 7) is 0.206. The number of anilines is 3. The summed E-state index contributed by atoms with van der Waals surface area (Å²) < 4.78 is 39.7. The van der Waals surface area contributed by atoms with E-state index in [0.29, 0.717) is 27.6 Å². The Morgan fingerprint density at radius 2 is 1.72 bits per heavy atom. The number of benzene rings is 3. The van der Waals surface area contributed by atoms with Crippen LogP contribution in [0.4, 0.5) is 25.3 Å². The summed E-state index contributed by atoms with van der Waals surface area (Å²) in [4.78, 5) is 46.8. The van der Waals surface area contributed by atoms with Gasteiger partial charge in [-0.3, -0.25) is 9.36 Å². The van der Waals surface area contributed by atoms with E-state index in [4.69, 9.17) is 19.9 Å². The Morgan fingerprint density at radius 3 is 2.31 bits per heavy atom. The Kier molecular flexibility index (Phi) is 8.28. The van der Waals surface area contributed by atoms with Gasteiger partial charge in [0.25, 0.3) is 0 Å². The van der Waals surface area contributed by atoms with Crippen LogP contribution in [0.5, 0.6) is 0 Å². The minimum Gasteiger partial charge on any atom is -0.474 e. The quantitative estimate of drug-likeness (QED) is 0.133. The van der Waals surface area contributed by atoms with E-state index >= 15 is 0 Å². The standard InChI is InChI=1S/C25H19BrF2N3O6PS/c26-20-12-15(6-11-19(20)25(27,28)38(35,36)37)13-31(18-4-2-1-3-5-18)24-30-21(14-39-24)16-7-9-17(10-8-16)29-22(32)23(33)34/h1-12,14H,13H2,(H,29,32)(H,33,34)(H2,35,36,37). The van der Waals surface area contributed by atoms with Crippen molar-refractivity contribution in [2.75, 3.05) is 10.2 Å². The largest absolute Gasteiger partial charge is 0.474 e. The smallest absolute Gasteiger partial charge is 0.399 e. The average molecular weight is 638 g/mol. The van der Waals surface area contributed by atoms with Crippen LogP contribution in [0, 0.1) is 0 Å². The molecule has 0 radical (unpaired) electrons. The second kappa shape index (κ2) is 11.3. The summed E-state index contributed by atoms with van der Waals surface area (Å²) in [7, 11) is -5.73. The molecule has 0 spiro atoms. The van der Waals surface area contributed by atoms with Crippen molar-refractivity contribution in [1.82, 2.24) is 4.98 Å². The molecule has 1 aromatic heterocycles. The van der Waals surface area contributed by atoms with Crippen LogP contribution in [0.15, 0.2) is 82.6 Å². The fourth-order valence-electron chi connectivity index (χ4n) is 3.55. The number of thiazole rings is 1. The molecule has 4 aromatic rings. The summed E-state index contributed by atoms with van der Waals surface area (Å²) in [6.07, 6.45) is 0. The van der Waals surface area contributed by atoms with Gasteiger partial charge < -0.3 is 25.1 Å². The number of aliphatic carboxylic acids is 1. The topological polar surface area (TPSA) is 140 Å². The number of nitrogens with zero attached hydrogens (tertiary/aromatic N) is 2. The van der Waals surface area contributed by atoms with Gasteiger partial charge in [0.2, 0.25) is 0 Å². The van der Waals surface area contributed by atoms with Crippen LogP contribution < -0.4 is 10.2 Å². The number of rotatable bonds is 8. The number of carboxylic acids is 1. The molecule has 4 N–H and O–H groups in total. The van der Waals surface area contributed by atoms with Gasteiger partial charge in [0.05, 0.1) is 12.2 Å². The van der Waals surface area contributed by atoms with Crippen molar-refractivity contribution in [3.63, 3.8) is 0 Å². The van der Waals surface area contributed by atoms with Gasteiger partial charge in [-0.05, 0) is 35.9 Å². The number of amides is 1. The van der Waals surface area contributed by atoms with Crippen molar-refractivity contribution in [1.29, 1.82) is 0 Å². The average Bonchev–Trinajstić information content (AvgIpc) is 3.37. The van der Waals surface area contributed by atoms with Crippen molar-refractivity contribution in [3.05, 3.63) is 93.8 Å². The maximum absolute atomic E-state index is 14.3. The van der Waals surface area contributed by atoms with Gasteiger partial charge in [-0.2, -0.15) is 8.78 Å². The molecule has 39 heavy (non-hydrogen) atoms. The van der Waals surface area contributed by atoms with E-state index in [1.807, 2.05) is 40.6 Å². The van der Waals surface area contributed by atoms with E-state index in [-0.39, 0.29) is 11.0 Å². The molecule has 0 saturated heterocycles. The number of carbonyl (C=O) groups is 2. The van der Waals surface area contributed by atoms with Crippen LogP contribution in [0.3, 0.4) is 0 Å². The Bertz CT molecular complexity index is 1560. The zero-order valence-electron chi connectivity index (χ0n) is 19.7. The minimum atomic E-state index is -5.73. The summed E-state index contributed by atoms with van der Waals surface area (Å²) >= 11 is 4.36. The highest BCUT2D eigenvalue weighted by Gasteiger charge is 2.51. The number of hydrogen-bond acceptors (Lipinski definition) is 6. The van der Waals surface area contributed by atoms with E-state index in [1.165, 1.54) is 23.5 Å². The second-order valence-electron chi connectivity index (χ2n) is 8.17. The van der Waals surface area contributed by atoms with Gasteiger partial charge in [0.1, 0.15) is 0 Å². The Balaban J connectivity index is 1.62. The second-order valence-corrected chi connectivity index (χ2v) is 11.5. The highest BCUT2D eigenvalue weighted by molar-refractivity contribution is 9.10. The molecular formula is C25H19BrF2N3O6PS. The molecule has 0 aliphatic heterocycles. The van der Waals surface area contributed by atoms with Gasteiger partial charge in [0.15, 0.2) is 5.13 Å². The Morgan fingerprint density at radius 1 is 1.05 bits per heavy atom. The maximum atomic E-state index is 14.3. The molecule has 3 aromatic carbocycles. The fourth-order valence-corrected chi connectivity index (χ4v) is 5.74. The molecule has 0 aliphatic carbocycles. The summed E-state index contributed by atoms with van der Waals surface area (Å²) in [6, 6.07) is 19.4. The van der Waals surface area contributed by atoms with Gasteiger partial charge in [0, 0.05) is 32.4 Å². The van der Waals surface area contributed by atoms with Crippen molar-refractivity contribution >= 4 is 63.2 Å². The van der Waals surface area contributed by atoms with Crippen LogP contribution in [-0.4, -0.2) is 31.8 Å². The maximum Gasteiger partial charge on any atom is 0.399 e. The predicted molar refractivity (Wildman–Crippen MR) is 146 cm³/mol. The summed E-state index contributed by atoms with van der Waals surface area (Å²) in [5.41, 5.74) is -2.18. The predicted octanol–water partition coefficient (Wildman–Crippen LogP) is 6.16. The number of carbonyl (C=O) groups excluding carboxylic acids is 1. The first-order chi connectivity index (χ1) is 18.4. The molecule has 0 fully saturated rings. The molecule has 0 atom stereocenters. The molecule has 0 aliphatic rings. The monoisotopic (exact) mass is 637 g/mol. The van der Waals surface area contributed by atoms with Gasteiger partial charge in [-0.15, -0.1) is 11.3 Å². The van der Waals surface area contributed by atoms with E-state index in [2.05, 4.69) is 21.2 Å². The Hall–Kier alpha value is -3.48. The first-order valence-electron chi connectivity index (χ1n) is 11.0. The third-order valence-corrected chi connectivity index (χ3v) is 7.98. The van der Waals surface area contributed by atoms with E-state index < -0.39 is 30.7 Å². The van der Waals surface area contributed by atoms with Crippen molar-refractivity contribution in [3.8, 4) is 11.3 Å². The van der Waals surface area contributed by atoms with Crippen molar-refractivity contribution in [2.24, 2.45) is 0 Å². The van der Waals surface area contributed by atoms with E-state index in [0.717, 1.165) is 11.8 Å². The first-order valence-corrected chi connectivity index (χ1v) is 14.3. The SMILES string of the molecule is O=C(O)C(=O)Nc1ccc(-c2csc(N(Cc3ccc(C(F)(F)P(=O)(O)O)c(Br)c3)c3ccccc3)n2)cc1. The number of halogens is 3. The number of nitrogens with one attached hydrogen (secondary N) is 1. The lowest BCUT2D eigenvalue weighted by Gasteiger charge is -2.23. The third kappa shape index (κ3) is 6.40. The molecule has 202 valence electrons. The number of aromatic nitrogens is 1. The number of carboxylic acid groups (broad SMARTS) is 1. The van der Waals surface area contributed by atoms with Gasteiger partial charge in [-0.25, -0.2) is 9.78 Å². The highest BCUT2D eigenvalue weighted by Crippen LogP contribution is 2.60. The van der Waals surface area contributed by atoms with Crippen molar-refractivity contribution < 1.29 is 37.8 Å².